The predicted molar refractivity (Wildman–Crippen MR) is 136 cm³/mol. The van der Waals surface area contributed by atoms with Crippen LogP contribution in [-0.4, -0.2) is 64.7 Å². The number of carboxylic acids is 1. The molecule has 1 aliphatic rings. The van der Waals surface area contributed by atoms with Crippen LogP contribution in [-0.2, 0) is 9.59 Å². The number of carbonyl (C=O) groups is 3. The third-order valence-corrected chi connectivity index (χ3v) is 6.03. The van der Waals surface area contributed by atoms with Gasteiger partial charge in [0, 0.05) is 22.8 Å². The molecule has 0 fully saturated rings. The average molecular weight is 537 g/mol. The molecule has 3 rings (SSSR count). The van der Waals surface area contributed by atoms with Gasteiger partial charge in [-0.1, -0.05) is 23.2 Å². The van der Waals surface area contributed by atoms with E-state index in [1.807, 2.05) is 0 Å². The van der Waals surface area contributed by atoms with E-state index in [1.165, 1.54) is 12.3 Å². The molecule has 1 unspecified atom stereocenters. The normalized spacial score (nSPS) is 15.8. The summed E-state index contributed by atoms with van der Waals surface area (Å²) in [5.41, 5.74) is 2.41. The summed E-state index contributed by atoms with van der Waals surface area (Å²) in [4.78, 5) is 45.0. The van der Waals surface area contributed by atoms with Gasteiger partial charge in [0.2, 0.25) is 5.91 Å². The van der Waals surface area contributed by atoms with Gasteiger partial charge in [0.15, 0.2) is 5.96 Å². The number of aryl methyl sites for hydroxylation is 1. The summed E-state index contributed by atoms with van der Waals surface area (Å²) in [6.07, 6.45) is 0.411. The molecule has 0 spiro atoms. The highest BCUT2D eigenvalue weighted by atomic mass is 35.5. The maximum Gasteiger partial charge on any atom is 0.305 e. The maximum atomic E-state index is 12.7. The van der Waals surface area contributed by atoms with E-state index < -0.39 is 42.9 Å². The third-order valence-electron chi connectivity index (χ3n) is 5.42. The molecule has 2 heterocycles. The van der Waals surface area contributed by atoms with E-state index in [9.17, 15) is 24.6 Å². The molecule has 1 aliphatic heterocycles. The van der Waals surface area contributed by atoms with E-state index in [-0.39, 0.29) is 12.1 Å². The van der Waals surface area contributed by atoms with Gasteiger partial charge in [-0.05, 0) is 43.2 Å². The van der Waals surface area contributed by atoms with Gasteiger partial charge in [0.25, 0.3) is 5.91 Å². The molecule has 0 saturated carbocycles. The minimum Gasteiger partial charge on any atom is -0.481 e. The second-order valence-corrected chi connectivity index (χ2v) is 9.05. The minimum absolute atomic E-state index is 0.201. The van der Waals surface area contributed by atoms with Gasteiger partial charge in [-0.15, -0.1) is 0 Å². The summed E-state index contributed by atoms with van der Waals surface area (Å²) in [6.45, 7) is 3.65. The molecule has 2 amide bonds. The number of guanidine groups is 1. The Balaban J connectivity index is 1.65. The SMILES string of the molecule is Cc1ncc(C(=O)NCC(=O)N[C@@H](CC(=O)O)c2cc(Cl)cc(Cl)c2C)cc1NC1=NCC(O)CN1. The number of rotatable bonds is 8. The lowest BCUT2D eigenvalue weighted by Crippen LogP contribution is -2.42. The molecule has 0 aliphatic carbocycles. The number of aromatic nitrogens is 1. The van der Waals surface area contributed by atoms with Crippen LogP contribution in [0.2, 0.25) is 10.0 Å². The first-order valence-corrected chi connectivity index (χ1v) is 11.7. The van der Waals surface area contributed by atoms with Crippen molar-refractivity contribution in [3.8, 4) is 0 Å². The Labute approximate surface area is 217 Å². The molecule has 0 bridgehead atoms. The number of β-amino-alcohol motifs (C(OH)–C–C–N with tert-alkyl or cyclic N) is 1. The Morgan fingerprint density at radius 2 is 1.97 bits per heavy atom. The van der Waals surface area contributed by atoms with Gasteiger partial charge < -0.3 is 31.5 Å². The molecule has 2 aromatic rings. The number of pyridine rings is 1. The van der Waals surface area contributed by atoms with Gasteiger partial charge in [-0.2, -0.15) is 0 Å². The Bertz CT molecular complexity index is 1210. The van der Waals surface area contributed by atoms with Crippen LogP contribution in [0.15, 0.2) is 29.4 Å². The van der Waals surface area contributed by atoms with E-state index in [1.54, 1.807) is 26.0 Å². The Hall–Kier alpha value is -3.41. The summed E-state index contributed by atoms with van der Waals surface area (Å²) >= 11 is 12.2. The van der Waals surface area contributed by atoms with Gasteiger partial charge in [-0.25, -0.2) is 0 Å². The van der Waals surface area contributed by atoms with E-state index in [0.717, 1.165) is 0 Å². The van der Waals surface area contributed by atoms with Crippen molar-refractivity contribution >= 4 is 52.6 Å². The van der Waals surface area contributed by atoms with E-state index in [2.05, 4.69) is 31.2 Å². The molecule has 192 valence electrons. The van der Waals surface area contributed by atoms with Crippen LogP contribution < -0.4 is 21.3 Å². The zero-order chi connectivity index (χ0) is 26.4. The van der Waals surface area contributed by atoms with Crippen LogP contribution in [0.5, 0.6) is 0 Å². The first-order valence-electron chi connectivity index (χ1n) is 11.0. The highest BCUT2D eigenvalue weighted by Crippen LogP contribution is 2.30. The number of halogens is 2. The van der Waals surface area contributed by atoms with Crippen LogP contribution in [0, 0.1) is 13.8 Å². The van der Waals surface area contributed by atoms with Crippen molar-refractivity contribution in [2.45, 2.75) is 32.4 Å². The first-order chi connectivity index (χ1) is 17.0. The lowest BCUT2D eigenvalue weighted by Gasteiger charge is -2.21. The van der Waals surface area contributed by atoms with Crippen molar-refractivity contribution in [2.24, 2.45) is 4.99 Å². The standard InChI is InChI=1S/C23H26Cl2N6O5/c1-11-16(4-14(24)5-17(11)25)19(6-21(34)35)30-20(33)10-27-22(36)13-3-18(12(2)26-7-13)31-23-28-8-15(32)9-29-23/h3-5,7,15,19,32H,6,8-10H2,1-2H3,(H,27,36)(H,30,33)(H,34,35)(H2,28,29,31)/t19-/m0/s1. The van der Waals surface area contributed by atoms with Crippen LogP contribution in [0.25, 0.3) is 0 Å². The van der Waals surface area contributed by atoms with Gasteiger partial charge >= 0.3 is 5.97 Å². The number of nitrogens with one attached hydrogen (secondary N) is 4. The summed E-state index contributed by atoms with van der Waals surface area (Å²) in [5, 5.41) is 30.6. The quantitative estimate of drug-likeness (QED) is 0.297. The molecule has 0 saturated heterocycles. The van der Waals surface area contributed by atoms with Crippen LogP contribution in [0.1, 0.15) is 39.6 Å². The second kappa shape index (κ2) is 12.0. The maximum absolute atomic E-state index is 12.7. The molecule has 1 aromatic carbocycles. The zero-order valence-corrected chi connectivity index (χ0v) is 21.1. The topological polar surface area (TPSA) is 165 Å². The lowest BCUT2D eigenvalue weighted by atomic mass is 9.98. The number of benzene rings is 1. The van der Waals surface area contributed by atoms with Crippen LogP contribution in [0.4, 0.5) is 5.69 Å². The predicted octanol–water partition coefficient (Wildman–Crippen LogP) is 1.80. The Morgan fingerprint density at radius 3 is 2.64 bits per heavy atom. The molecule has 6 N–H and O–H groups in total. The number of aliphatic hydroxyl groups is 1. The number of amides is 2. The van der Waals surface area contributed by atoms with E-state index in [0.29, 0.717) is 45.1 Å². The summed E-state index contributed by atoms with van der Waals surface area (Å²) in [6, 6.07) is 3.74. The summed E-state index contributed by atoms with van der Waals surface area (Å²) in [5.74, 6) is -1.82. The first kappa shape index (κ1) is 27.2. The Kier molecular flexibility index (Phi) is 9.08. The number of hydrogen-bond donors (Lipinski definition) is 6. The molecule has 1 aromatic heterocycles. The molecule has 36 heavy (non-hydrogen) atoms. The fraction of sp³-hybridized carbons (Fsp3) is 0.348. The van der Waals surface area contributed by atoms with Crippen molar-refractivity contribution in [1.82, 2.24) is 20.9 Å². The largest absolute Gasteiger partial charge is 0.481 e. The fourth-order valence-electron chi connectivity index (χ4n) is 3.48. The fourth-order valence-corrected chi connectivity index (χ4v) is 3.98. The minimum atomic E-state index is -1.13. The number of aliphatic imine (C=N–C) groups is 1. The van der Waals surface area contributed by atoms with Crippen LogP contribution in [0.3, 0.4) is 0 Å². The average Bonchev–Trinajstić information content (AvgIpc) is 2.82. The smallest absolute Gasteiger partial charge is 0.305 e. The van der Waals surface area contributed by atoms with Crippen molar-refractivity contribution in [3.05, 3.63) is 56.8 Å². The molecular weight excluding hydrogens is 511 g/mol. The lowest BCUT2D eigenvalue weighted by molar-refractivity contribution is -0.137. The number of anilines is 1. The number of aliphatic carboxylic acids is 1. The third kappa shape index (κ3) is 7.30. The molecule has 11 nitrogen and oxygen atoms in total. The zero-order valence-electron chi connectivity index (χ0n) is 19.6. The van der Waals surface area contributed by atoms with E-state index >= 15 is 0 Å². The summed E-state index contributed by atoms with van der Waals surface area (Å²) in [7, 11) is 0. The highest BCUT2D eigenvalue weighted by Gasteiger charge is 2.22. The van der Waals surface area contributed by atoms with Gasteiger partial charge in [0.05, 0.1) is 48.6 Å². The van der Waals surface area contributed by atoms with E-state index in [4.69, 9.17) is 23.2 Å². The van der Waals surface area contributed by atoms with Crippen molar-refractivity contribution in [1.29, 1.82) is 0 Å². The number of hydrogen-bond acceptors (Lipinski definition) is 8. The van der Waals surface area contributed by atoms with Crippen molar-refractivity contribution < 1.29 is 24.6 Å². The van der Waals surface area contributed by atoms with Gasteiger partial charge in [-0.3, -0.25) is 24.4 Å². The molecule has 2 atom stereocenters. The number of nitrogens with zero attached hydrogens (tertiary/aromatic N) is 2. The molecule has 13 heteroatoms. The van der Waals surface area contributed by atoms with Crippen molar-refractivity contribution in [3.63, 3.8) is 0 Å². The second-order valence-electron chi connectivity index (χ2n) is 8.21. The van der Waals surface area contributed by atoms with Crippen LogP contribution >= 0.6 is 23.2 Å². The highest BCUT2D eigenvalue weighted by molar-refractivity contribution is 6.35. The molecular formula is C23H26Cl2N6O5. The summed E-state index contributed by atoms with van der Waals surface area (Å²) < 4.78 is 0. The monoisotopic (exact) mass is 536 g/mol. The number of aliphatic hydroxyl groups excluding tert-OH is 1. The number of carbonyl (C=O) groups excluding carboxylic acids is 2. The van der Waals surface area contributed by atoms with Gasteiger partial charge in [0.1, 0.15) is 0 Å². The Morgan fingerprint density at radius 1 is 1.22 bits per heavy atom. The molecule has 0 radical (unpaired) electrons. The van der Waals surface area contributed by atoms with Crippen molar-refractivity contribution in [2.75, 3.05) is 25.0 Å². The number of carboxylic acid groups (broad SMARTS) is 1.